The number of amides is 2. The van der Waals surface area contributed by atoms with E-state index in [-0.39, 0.29) is 94.3 Å². The van der Waals surface area contributed by atoms with E-state index in [9.17, 15) is 29.2 Å². The van der Waals surface area contributed by atoms with E-state index in [1.165, 1.54) is 18.0 Å². The van der Waals surface area contributed by atoms with Crippen LogP contribution in [0.5, 0.6) is 17.2 Å². The van der Waals surface area contributed by atoms with Crippen molar-refractivity contribution >= 4 is 40.8 Å². The lowest BCUT2D eigenvalue weighted by Crippen LogP contribution is -2.46. The highest BCUT2D eigenvalue weighted by molar-refractivity contribution is 6.34. The van der Waals surface area contributed by atoms with E-state index in [2.05, 4.69) is 24.1 Å². The summed E-state index contributed by atoms with van der Waals surface area (Å²) in [6.45, 7) is 4.66. The number of nitrogens with one attached hydrogen (secondary N) is 1. The molecular formula is C48H59ClN6O8. The number of ketones is 3. The number of fused-ring (bicyclic) bond motifs is 5. The Morgan fingerprint density at radius 1 is 0.905 bits per heavy atom. The minimum Gasteiger partial charge on any atom is -0.492 e. The fourth-order valence-corrected chi connectivity index (χ4v) is 7.59. The number of ether oxygens (including phenoxy) is 3. The van der Waals surface area contributed by atoms with Crippen LogP contribution < -0.4 is 36.7 Å². The van der Waals surface area contributed by atoms with Gasteiger partial charge < -0.3 is 41.6 Å². The number of nitrogens with zero attached hydrogens (tertiary/aromatic N) is 2. The Balaban J connectivity index is 1.78. The van der Waals surface area contributed by atoms with Crippen molar-refractivity contribution in [1.82, 2.24) is 10.2 Å². The van der Waals surface area contributed by atoms with Crippen LogP contribution in [0.4, 0.5) is 0 Å². The molecule has 0 aliphatic carbocycles. The molecule has 336 valence electrons. The highest BCUT2D eigenvalue weighted by atomic mass is 35.5. The third kappa shape index (κ3) is 14.1. The second-order valence-electron chi connectivity index (χ2n) is 15.5. The van der Waals surface area contributed by atoms with Crippen LogP contribution in [0.3, 0.4) is 0 Å². The summed E-state index contributed by atoms with van der Waals surface area (Å²) in [7, 11) is 1.48. The zero-order valence-corrected chi connectivity index (χ0v) is 37.1. The van der Waals surface area contributed by atoms with E-state index in [0.717, 1.165) is 19.3 Å². The van der Waals surface area contributed by atoms with E-state index < -0.39 is 47.3 Å². The van der Waals surface area contributed by atoms with Gasteiger partial charge in [-0.3, -0.25) is 24.0 Å². The number of nitrogens with two attached hydrogens (primary N) is 3. The zero-order valence-electron chi connectivity index (χ0n) is 36.4. The van der Waals surface area contributed by atoms with E-state index in [4.69, 9.17) is 43.0 Å². The molecule has 4 bridgehead atoms. The Morgan fingerprint density at radius 2 is 1.60 bits per heavy atom. The lowest BCUT2D eigenvalue weighted by Gasteiger charge is -2.32. The molecule has 0 saturated heterocycles. The third-order valence-corrected chi connectivity index (χ3v) is 11.0. The van der Waals surface area contributed by atoms with Crippen LogP contribution in [-0.2, 0) is 25.6 Å². The molecule has 3 aromatic rings. The van der Waals surface area contributed by atoms with Crippen molar-refractivity contribution in [3.05, 3.63) is 76.3 Å². The van der Waals surface area contributed by atoms with Crippen molar-refractivity contribution in [2.24, 2.45) is 29.0 Å². The number of unbranched alkanes of at least 4 members (excludes halogenated alkanes) is 2. The molecule has 4 rings (SSSR count). The highest BCUT2D eigenvalue weighted by Gasteiger charge is 2.36. The van der Waals surface area contributed by atoms with Crippen LogP contribution in [0, 0.1) is 35.0 Å². The standard InChI is InChI=1S/C48H59ClN6O8/c1-4-5-6-7-8-22-61-35-13-14-36(39(49)30-35)42(57)29-34(17-19-51)48(60)55(3)46-33-12-16-45(63-24-21-53)38(28-33)37-26-32(11-15-44(37)62-23-20-52)27-40(41(56)10-9-18-50)54-47(59)31(2)25-43(46)58/h11-16,26,28,30-31,34,40,46H,4-6,9-10,17,19-25,27,29,51-53H2,1-3H3,(H,54,59)/t31-,34-,40+,46+/m1/s1. The molecule has 0 aromatic heterocycles. The van der Waals surface area contributed by atoms with Gasteiger partial charge in [-0.25, -0.2) is 0 Å². The third-order valence-electron chi connectivity index (χ3n) is 10.7. The Kier molecular flexibility index (Phi) is 20.1. The van der Waals surface area contributed by atoms with E-state index in [1.54, 1.807) is 49.4 Å². The molecule has 0 unspecified atom stereocenters. The molecule has 0 fully saturated rings. The van der Waals surface area contributed by atoms with Gasteiger partial charge in [0.1, 0.15) is 43.1 Å². The first-order valence-corrected chi connectivity index (χ1v) is 21.8. The quantitative estimate of drug-likeness (QED) is 0.0627. The van der Waals surface area contributed by atoms with Crippen LogP contribution in [0.1, 0.15) is 92.7 Å². The minimum absolute atomic E-state index is 0.0343. The number of hydrogen-bond acceptors (Lipinski definition) is 12. The Labute approximate surface area is 375 Å². The summed E-state index contributed by atoms with van der Waals surface area (Å²) in [5.41, 5.74) is 20.0. The van der Waals surface area contributed by atoms with Crippen LogP contribution >= 0.6 is 11.6 Å². The average Bonchev–Trinajstić information content (AvgIpc) is 3.27. The number of likely N-dealkylation sites (N-methyl/N-ethyl adjacent to an activating group) is 1. The maximum atomic E-state index is 14.6. The minimum atomic E-state index is -1.25. The van der Waals surface area contributed by atoms with Crippen molar-refractivity contribution in [2.75, 3.05) is 46.5 Å². The summed E-state index contributed by atoms with van der Waals surface area (Å²) in [5.74, 6) is 3.15. The number of carbonyl (C=O) groups is 5. The summed E-state index contributed by atoms with van der Waals surface area (Å²) < 4.78 is 17.9. The Bertz CT molecular complexity index is 2200. The van der Waals surface area contributed by atoms with Gasteiger partial charge in [-0.1, -0.05) is 55.8 Å². The number of rotatable bonds is 20. The maximum Gasteiger partial charge on any atom is 0.226 e. The van der Waals surface area contributed by atoms with Crippen molar-refractivity contribution in [3.63, 3.8) is 0 Å². The van der Waals surface area contributed by atoms with E-state index >= 15 is 0 Å². The fraction of sp³-hybridized carbons (Fsp3) is 0.458. The topological polar surface area (TPSA) is 230 Å². The number of halogens is 1. The van der Waals surface area contributed by atoms with Crippen LogP contribution in [-0.4, -0.2) is 86.6 Å². The highest BCUT2D eigenvalue weighted by Crippen LogP contribution is 2.41. The molecular weight excluding hydrogens is 824 g/mol. The number of nitriles is 1. The molecule has 7 N–H and O–H groups in total. The van der Waals surface area contributed by atoms with Crippen molar-refractivity contribution in [2.45, 2.75) is 83.7 Å². The second-order valence-corrected chi connectivity index (χ2v) is 15.9. The molecule has 1 heterocycles. The van der Waals surface area contributed by atoms with Gasteiger partial charge in [0.25, 0.3) is 0 Å². The fourth-order valence-electron chi connectivity index (χ4n) is 7.31. The van der Waals surface area contributed by atoms with Crippen LogP contribution in [0.25, 0.3) is 11.1 Å². The van der Waals surface area contributed by atoms with Gasteiger partial charge in [-0.15, -0.1) is 0 Å². The van der Waals surface area contributed by atoms with Gasteiger partial charge in [-0.2, -0.15) is 5.26 Å². The summed E-state index contributed by atoms with van der Waals surface area (Å²) in [5, 5.41) is 12.2. The number of benzene rings is 3. The maximum absolute atomic E-state index is 14.6. The molecule has 15 heteroatoms. The Morgan fingerprint density at radius 3 is 2.25 bits per heavy atom. The second kappa shape index (κ2) is 25.4. The lowest BCUT2D eigenvalue weighted by molar-refractivity contribution is -0.142. The van der Waals surface area contributed by atoms with Gasteiger partial charge in [0, 0.05) is 80.8 Å². The molecule has 1 aliphatic rings. The van der Waals surface area contributed by atoms with Gasteiger partial charge in [-0.05, 0) is 79.4 Å². The first-order chi connectivity index (χ1) is 30.4. The number of Topliss-reactive ketones (excluding diaryl/α,β-unsaturated/α-hetero) is 3. The first-order valence-electron chi connectivity index (χ1n) is 21.4. The van der Waals surface area contributed by atoms with Crippen molar-refractivity contribution in [1.29, 1.82) is 5.26 Å². The predicted octanol–water partition coefficient (Wildman–Crippen LogP) is 5.50. The van der Waals surface area contributed by atoms with E-state index in [0.29, 0.717) is 39.5 Å². The lowest BCUT2D eigenvalue weighted by atomic mass is 9.88. The molecule has 0 spiro atoms. The smallest absolute Gasteiger partial charge is 0.226 e. The van der Waals surface area contributed by atoms with Crippen molar-refractivity contribution in [3.8, 4) is 46.3 Å². The number of hydrogen-bond donors (Lipinski definition) is 4. The molecule has 0 saturated carbocycles. The largest absolute Gasteiger partial charge is 0.492 e. The Hall–Kier alpha value is -5.77. The molecule has 63 heavy (non-hydrogen) atoms. The van der Waals surface area contributed by atoms with Crippen molar-refractivity contribution < 1.29 is 38.2 Å². The summed E-state index contributed by atoms with van der Waals surface area (Å²) in [6.07, 6.45) is 2.38. The summed E-state index contributed by atoms with van der Waals surface area (Å²) in [4.78, 5) is 71.6. The molecule has 0 radical (unpaired) electrons. The summed E-state index contributed by atoms with van der Waals surface area (Å²) >= 11 is 6.58. The normalized spacial score (nSPS) is 16.6. The monoisotopic (exact) mass is 882 g/mol. The predicted molar refractivity (Wildman–Crippen MR) is 241 cm³/mol. The van der Waals surface area contributed by atoms with Gasteiger partial charge in [0.05, 0.1) is 17.1 Å². The van der Waals surface area contributed by atoms with E-state index in [1.807, 2.05) is 12.1 Å². The van der Waals surface area contributed by atoms with Gasteiger partial charge in [0.15, 0.2) is 17.3 Å². The van der Waals surface area contributed by atoms with Crippen LogP contribution in [0.2, 0.25) is 5.02 Å². The SMILES string of the molecule is CCCCC#CCOc1ccc(C(=O)C[C@@H](CCN)C(=O)N(C)[C@@H]2C(=O)C[C@@H](C)C(=O)N[C@H](C(=O)CCC#N)Cc3ccc(OCCN)c(c3)-c3cc2ccc3OCCN)c(Cl)c1. The molecule has 1 aliphatic heterocycles. The number of carbonyl (C=O) groups excluding carboxylic acids is 5. The molecule has 14 nitrogen and oxygen atoms in total. The summed E-state index contributed by atoms with van der Waals surface area (Å²) in [6, 6.07) is 14.9. The molecule has 4 atom stereocenters. The average molecular weight is 883 g/mol. The van der Waals surface area contributed by atoms with Gasteiger partial charge >= 0.3 is 0 Å². The molecule has 3 aromatic carbocycles. The first kappa shape index (κ1) is 49.9. The zero-order chi connectivity index (χ0) is 45.9. The van der Waals surface area contributed by atoms with Crippen LogP contribution in [0.15, 0.2) is 54.6 Å². The van der Waals surface area contributed by atoms with Gasteiger partial charge in [0.2, 0.25) is 11.8 Å². The molecule has 2 amide bonds.